The average Bonchev–Trinajstić information content (AvgIpc) is 2.95. The molecule has 1 amide bonds. The molecule has 3 aromatic carbocycles. The van der Waals surface area contributed by atoms with Crippen LogP contribution < -0.4 is 27.0 Å². The van der Waals surface area contributed by atoms with Crippen molar-refractivity contribution < 1.29 is 9.53 Å². The van der Waals surface area contributed by atoms with E-state index in [1.165, 1.54) is 15.9 Å². The van der Waals surface area contributed by atoms with Gasteiger partial charge in [-0.15, -0.1) is 0 Å². The molecule has 1 saturated heterocycles. The molecule has 6 nitrogen and oxygen atoms in total. The number of guanidine groups is 1. The van der Waals surface area contributed by atoms with Gasteiger partial charge in [0.05, 0.1) is 11.6 Å². The number of carbonyl (C=O) groups is 1. The van der Waals surface area contributed by atoms with E-state index in [-0.39, 0.29) is 11.9 Å². The minimum Gasteiger partial charge on any atom is -0.381 e. The number of carbonyl (C=O) groups excluding carboxylic acids is 1. The van der Waals surface area contributed by atoms with Gasteiger partial charge in [-0.2, -0.15) is 0 Å². The fraction of sp³-hybridized carbons (Fsp3) is 0.333. The van der Waals surface area contributed by atoms with Crippen LogP contribution in [0.25, 0.3) is 0 Å². The lowest BCUT2D eigenvalue weighted by atomic mass is 9.78. The summed E-state index contributed by atoms with van der Waals surface area (Å²) >= 11 is 0. The van der Waals surface area contributed by atoms with Gasteiger partial charge in [-0.05, 0) is 55.7 Å². The lowest BCUT2D eigenvalue weighted by Crippen LogP contribution is -2.52. The summed E-state index contributed by atoms with van der Waals surface area (Å²) in [5, 5.41) is 15.1. The van der Waals surface area contributed by atoms with E-state index in [1.807, 2.05) is 0 Å². The van der Waals surface area contributed by atoms with Gasteiger partial charge in [0.25, 0.3) is 0 Å². The zero-order valence-electron chi connectivity index (χ0n) is 21.6. The summed E-state index contributed by atoms with van der Waals surface area (Å²) in [7, 11) is -0.153. The highest BCUT2D eigenvalue weighted by Gasteiger charge is 2.45. The Balaban J connectivity index is 1.56. The number of nitrogens with two attached hydrogens (primary N) is 1. The summed E-state index contributed by atoms with van der Waals surface area (Å²) < 4.78 is 5.56. The molecule has 0 unspecified atom stereocenters. The van der Waals surface area contributed by atoms with Crippen molar-refractivity contribution >= 4 is 35.0 Å². The predicted molar refractivity (Wildman–Crippen MR) is 155 cm³/mol. The Morgan fingerprint density at radius 2 is 1.38 bits per heavy atom. The molecular formula is C30H38N4O2P+. The minimum absolute atomic E-state index is 0.0261. The van der Waals surface area contributed by atoms with Crippen molar-refractivity contribution in [3.63, 3.8) is 0 Å². The maximum Gasteiger partial charge on any atom is 0.228 e. The van der Waals surface area contributed by atoms with Crippen LogP contribution in [0.3, 0.4) is 0 Å². The standard InChI is InChI=1S/C30H37N4O2P/c1-34(29(31)32)24-30(18-21-36-22-19-30)28(35)33-20-11-23-37(25-12-5-2-6-13-25,26-14-7-3-8-15-26)27-16-9-4-10-17-27/h2-10,12-17H,11,18-24H2,1H3,(H3-,31,32,33,35)/p+1. The van der Waals surface area contributed by atoms with Crippen molar-refractivity contribution in [2.24, 2.45) is 11.1 Å². The zero-order chi connectivity index (χ0) is 26.1. The monoisotopic (exact) mass is 517 g/mol. The van der Waals surface area contributed by atoms with Gasteiger partial charge in [0, 0.05) is 33.4 Å². The van der Waals surface area contributed by atoms with Crippen molar-refractivity contribution in [2.45, 2.75) is 19.3 Å². The van der Waals surface area contributed by atoms with E-state index in [0.29, 0.717) is 39.1 Å². The first-order valence-corrected chi connectivity index (χ1v) is 14.9. The molecule has 1 heterocycles. The zero-order valence-corrected chi connectivity index (χ0v) is 22.5. The Bertz CT molecular complexity index is 1060. The smallest absolute Gasteiger partial charge is 0.228 e. The molecule has 0 aromatic heterocycles. The summed E-state index contributed by atoms with van der Waals surface area (Å²) in [5.74, 6) is 0.00815. The maximum atomic E-state index is 13.5. The largest absolute Gasteiger partial charge is 0.381 e. The highest BCUT2D eigenvalue weighted by Crippen LogP contribution is 2.55. The minimum atomic E-state index is -1.92. The van der Waals surface area contributed by atoms with E-state index in [2.05, 4.69) is 96.3 Å². The molecule has 4 rings (SSSR count). The van der Waals surface area contributed by atoms with E-state index in [1.54, 1.807) is 11.9 Å². The van der Waals surface area contributed by atoms with Gasteiger partial charge in [0.2, 0.25) is 5.91 Å². The Labute approximate surface area is 221 Å². The van der Waals surface area contributed by atoms with Crippen LogP contribution in [-0.4, -0.2) is 56.3 Å². The number of nitrogens with one attached hydrogen (secondary N) is 2. The van der Waals surface area contributed by atoms with Crippen LogP contribution in [0.15, 0.2) is 91.0 Å². The summed E-state index contributed by atoms with van der Waals surface area (Å²) in [6, 6.07) is 32.5. The Morgan fingerprint density at radius 1 is 0.919 bits per heavy atom. The molecule has 1 aliphatic heterocycles. The summed E-state index contributed by atoms with van der Waals surface area (Å²) in [6.45, 7) is 2.11. The Kier molecular flexibility index (Phi) is 8.96. The fourth-order valence-corrected chi connectivity index (χ4v) is 9.69. The van der Waals surface area contributed by atoms with Crippen molar-refractivity contribution in [1.29, 1.82) is 5.41 Å². The van der Waals surface area contributed by atoms with Crippen LogP contribution in [-0.2, 0) is 9.53 Å². The first-order valence-electron chi connectivity index (χ1n) is 12.9. The average molecular weight is 518 g/mol. The predicted octanol–water partition coefficient (Wildman–Crippen LogP) is 3.11. The molecular weight excluding hydrogens is 479 g/mol. The Morgan fingerprint density at radius 3 is 1.81 bits per heavy atom. The SMILES string of the molecule is CN(CC1(C(=O)NCCC[P+](c2ccccc2)(c2ccccc2)c2ccccc2)CCOCC1)C(=N)N. The number of nitrogens with zero attached hydrogens (tertiary/aromatic N) is 1. The normalized spacial score (nSPS) is 15.1. The van der Waals surface area contributed by atoms with Gasteiger partial charge < -0.3 is 20.7 Å². The van der Waals surface area contributed by atoms with Crippen LogP contribution in [0, 0.1) is 10.8 Å². The molecule has 0 radical (unpaired) electrons. The molecule has 4 N–H and O–H groups in total. The van der Waals surface area contributed by atoms with E-state index in [0.717, 1.165) is 12.6 Å². The molecule has 194 valence electrons. The van der Waals surface area contributed by atoms with Crippen LogP contribution in [0.1, 0.15) is 19.3 Å². The van der Waals surface area contributed by atoms with Gasteiger partial charge >= 0.3 is 0 Å². The number of hydrogen-bond donors (Lipinski definition) is 3. The molecule has 0 saturated carbocycles. The van der Waals surface area contributed by atoms with E-state index in [9.17, 15) is 4.79 Å². The summed E-state index contributed by atoms with van der Waals surface area (Å²) in [5.41, 5.74) is 5.10. The first kappa shape index (κ1) is 26.8. The topological polar surface area (TPSA) is 91.4 Å². The lowest BCUT2D eigenvalue weighted by Gasteiger charge is -2.38. The highest BCUT2D eigenvalue weighted by molar-refractivity contribution is 7.95. The van der Waals surface area contributed by atoms with Gasteiger partial charge in [0.15, 0.2) is 5.96 Å². The van der Waals surface area contributed by atoms with Crippen molar-refractivity contribution in [2.75, 3.05) is 39.5 Å². The molecule has 0 bridgehead atoms. The molecule has 1 fully saturated rings. The first-order chi connectivity index (χ1) is 18.0. The number of benzene rings is 3. The molecule has 0 spiro atoms. The second kappa shape index (κ2) is 12.4. The van der Waals surface area contributed by atoms with Crippen LogP contribution >= 0.6 is 7.26 Å². The molecule has 0 aliphatic carbocycles. The quantitative estimate of drug-likeness (QED) is 0.167. The van der Waals surface area contributed by atoms with E-state index < -0.39 is 12.7 Å². The van der Waals surface area contributed by atoms with Crippen LogP contribution in [0.2, 0.25) is 0 Å². The van der Waals surface area contributed by atoms with Crippen molar-refractivity contribution in [1.82, 2.24) is 10.2 Å². The highest BCUT2D eigenvalue weighted by atomic mass is 31.2. The molecule has 3 aromatic rings. The molecule has 0 atom stereocenters. The molecule has 7 heteroatoms. The van der Waals surface area contributed by atoms with E-state index >= 15 is 0 Å². The maximum absolute atomic E-state index is 13.5. The Hall–Kier alpha value is -3.21. The molecule has 1 aliphatic rings. The van der Waals surface area contributed by atoms with Gasteiger partial charge in [-0.25, -0.2) is 0 Å². The summed E-state index contributed by atoms with van der Waals surface area (Å²) in [4.78, 5) is 15.2. The van der Waals surface area contributed by atoms with Crippen LogP contribution in [0.4, 0.5) is 0 Å². The van der Waals surface area contributed by atoms with Gasteiger partial charge in [0.1, 0.15) is 23.2 Å². The molecule has 37 heavy (non-hydrogen) atoms. The van der Waals surface area contributed by atoms with Crippen molar-refractivity contribution in [3.05, 3.63) is 91.0 Å². The summed E-state index contributed by atoms with van der Waals surface area (Å²) in [6.07, 6.45) is 3.07. The second-order valence-corrected chi connectivity index (χ2v) is 13.4. The third-order valence-corrected chi connectivity index (χ3v) is 12.0. The van der Waals surface area contributed by atoms with E-state index in [4.69, 9.17) is 15.9 Å². The third kappa shape index (κ3) is 6.03. The van der Waals surface area contributed by atoms with Crippen molar-refractivity contribution in [3.8, 4) is 0 Å². The van der Waals surface area contributed by atoms with Crippen LogP contribution in [0.5, 0.6) is 0 Å². The fourth-order valence-electron chi connectivity index (χ4n) is 5.35. The number of ether oxygens (including phenoxy) is 1. The second-order valence-electron chi connectivity index (χ2n) is 9.78. The number of rotatable bonds is 10. The van der Waals surface area contributed by atoms with Gasteiger partial charge in [-0.3, -0.25) is 10.2 Å². The lowest BCUT2D eigenvalue weighted by molar-refractivity contribution is -0.137. The van der Waals surface area contributed by atoms with Gasteiger partial charge in [-0.1, -0.05) is 54.6 Å². The number of hydrogen-bond acceptors (Lipinski definition) is 3. The number of amides is 1. The third-order valence-electron chi connectivity index (χ3n) is 7.43.